The molecule has 13 heavy (non-hydrogen) atoms. The van der Waals surface area contributed by atoms with Gasteiger partial charge >= 0.3 is 5.97 Å². The molecule has 0 aliphatic rings. The summed E-state index contributed by atoms with van der Waals surface area (Å²) in [5, 5.41) is 0. The summed E-state index contributed by atoms with van der Waals surface area (Å²) in [6.45, 7) is 9.03. The Morgan fingerprint density at radius 1 is 1.31 bits per heavy atom. The van der Waals surface area contributed by atoms with Crippen LogP contribution in [0.1, 0.15) is 34.6 Å². The monoisotopic (exact) mass is 186 g/mol. The summed E-state index contributed by atoms with van der Waals surface area (Å²) in [5.41, 5.74) is -0.480. The highest BCUT2D eigenvalue weighted by molar-refractivity contribution is 6.01. The minimum absolute atomic E-state index is 0.0778. The second-order valence-electron chi connectivity index (χ2n) is 4.09. The number of ether oxygens (including phenoxy) is 1. The van der Waals surface area contributed by atoms with Crippen LogP contribution in [0, 0.1) is 11.3 Å². The number of carbonyl (C=O) groups is 2. The Labute approximate surface area is 79.5 Å². The van der Waals surface area contributed by atoms with Crippen molar-refractivity contribution >= 4 is 11.8 Å². The summed E-state index contributed by atoms with van der Waals surface area (Å²) in [4.78, 5) is 22.8. The van der Waals surface area contributed by atoms with E-state index < -0.39 is 17.3 Å². The average Bonchev–Trinajstić information content (AvgIpc) is 2.00. The largest absolute Gasteiger partial charge is 0.465 e. The third kappa shape index (κ3) is 3.57. The molecule has 0 N–H and O–H groups in total. The minimum Gasteiger partial charge on any atom is -0.465 e. The van der Waals surface area contributed by atoms with Crippen LogP contribution in [0.3, 0.4) is 0 Å². The first-order valence-corrected chi connectivity index (χ1v) is 4.51. The third-order valence-electron chi connectivity index (χ3n) is 1.77. The van der Waals surface area contributed by atoms with Crippen LogP contribution in [0.4, 0.5) is 0 Å². The van der Waals surface area contributed by atoms with Gasteiger partial charge in [-0.3, -0.25) is 9.59 Å². The Bertz CT molecular complexity index is 201. The van der Waals surface area contributed by atoms with Crippen molar-refractivity contribution in [2.45, 2.75) is 34.6 Å². The van der Waals surface area contributed by atoms with Gasteiger partial charge in [-0.05, 0) is 13.8 Å². The number of esters is 1. The fourth-order valence-corrected chi connectivity index (χ4v) is 1.02. The number of Topliss-reactive ketones (excluding diaryl/α,β-unsaturated/α-hetero) is 1. The second-order valence-corrected chi connectivity index (χ2v) is 4.09. The third-order valence-corrected chi connectivity index (χ3v) is 1.77. The first-order valence-electron chi connectivity index (χ1n) is 4.51. The van der Waals surface area contributed by atoms with Gasteiger partial charge in [0.05, 0.1) is 6.61 Å². The van der Waals surface area contributed by atoms with Crippen LogP contribution in [0.5, 0.6) is 0 Å². The molecule has 0 aliphatic carbocycles. The van der Waals surface area contributed by atoms with E-state index in [1.807, 2.05) is 0 Å². The summed E-state index contributed by atoms with van der Waals surface area (Å²) in [6.07, 6.45) is 0. The first kappa shape index (κ1) is 12.1. The van der Waals surface area contributed by atoms with E-state index in [4.69, 9.17) is 4.74 Å². The van der Waals surface area contributed by atoms with E-state index >= 15 is 0 Å². The van der Waals surface area contributed by atoms with Gasteiger partial charge in [-0.25, -0.2) is 0 Å². The second kappa shape index (κ2) is 4.40. The van der Waals surface area contributed by atoms with Crippen LogP contribution in [-0.2, 0) is 14.3 Å². The van der Waals surface area contributed by atoms with Crippen molar-refractivity contribution in [3.8, 4) is 0 Å². The van der Waals surface area contributed by atoms with E-state index in [-0.39, 0.29) is 5.78 Å². The van der Waals surface area contributed by atoms with Gasteiger partial charge in [0.15, 0.2) is 5.78 Å². The van der Waals surface area contributed by atoms with Crippen molar-refractivity contribution in [1.29, 1.82) is 0 Å². The highest BCUT2D eigenvalue weighted by Gasteiger charge is 2.31. The van der Waals surface area contributed by atoms with Crippen molar-refractivity contribution in [3.63, 3.8) is 0 Å². The SMILES string of the molecule is CCOC(=O)[C@@H](C)C(=O)C(C)(C)C. The fraction of sp³-hybridized carbons (Fsp3) is 0.800. The smallest absolute Gasteiger partial charge is 0.316 e. The topological polar surface area (TPSA) is 43.4 Å². The zero-order valence-electron chi connectivity index (χ0n) is 9.01. The number of hydrogen-bond acceptors (Lipinski definition) is 3. The molecule has 0 radical (unpaired) electrons. The molecule has 0 unspecified atom stereocenters. The van der Waals surface area contributed by atoms with Crippen LogP contribution in [0.2, 0.25) is 0 Å². The van der Waals surface area contributed by atoms with Crippen molar-refractivity contribution in [2.75, 3.05) is 6.61 Å². The molecular weight excluding hydrogens is 168 g/mol. The molecule has 0 saturated heterocycles. The van der Waals surface area contributed by atoms with Crippen molar-refractivity contribution < 1.29 is 14.3 Å². The Morgan fingerprint density at radius 2 is 1.77 bits per heavy atom. The molecule has 3 heteroatoms. The van der Waals surface area contributed by atoms with E-state index in [9.17, 15) is 9.59 Å². The van der Waals surface area contributed by atoms with E-state index in [1.165, 1.54) is 0 Å². The predicted octanol–water partition coefficient (Wildman–Crippen LogP) is 1.80. The average molecular weight is 186 g/mol. The molecule has 0 spiro atoms. The quantitative estimate of drug-likeness (QED) is 0.498. The number of ketones is 1. The molecule has 0 aromatic rings. The molecule has 0 aromatic heterocycles. The van der Waals surface area contributed by atoms with Gasteiger partial charge in [-0.15, -0.1) is 0 Å². The van der Waals surface area contributed by atoms with Crippen molar-refractivity contribution in [2.24, 2.45) is 11.3 Å². The number of hydrogen-bond donors (Lipinski definition) is 0. The molecule has 3 nitrogen and oxygen atoms in total. The lowest BCUT2D eigenvalue weighted by atomic mass is 9.84. The standard InChI is InChI=1S/C10H18O3/c1-6-13-9(12)7(2)8(11)10(3,4)5/h7H,6H2,1-5H3/t7-/m0/s1. The Hall–Kier alpha value is -0.860. The number of carbonyl (C=O) groups excluding carboxylic acids is 2. The van der Waals surface area contributed by atoms with Gasteiger partial charge in [0.25, 0.3) is 0 Å². The molecule has 0 heterocycles. The molecule has 0 saturated carbocycles. The van der Waals surface area contributed by atoms with E-state index in [2.05, 4.69) is 0 Å². The summed E-state index contributed by atoms with van der Waals surface area (Å²) >= 11 is 0. The van der Waals surface area contributed by atoms with Crippen molar-refractivity contribution in [3.05, 3.63) is 0 Å². The Morgan fingerprint density at radius 3 is 2.08 bits per heavy atom. The lowest BCUT2D eigenvalue weighted by molar-refractivity contribution is -0.152. The zero-order valence-corrected chi connectivity index (χ0v) is 9.01. The van der Waals surface area contributed by atoms with Gasteiger partial charge in [-0.1, -0.05) is 20.8 Å². The normalized spacial score (nSPS) is 13.6. The maximum atomic E-state index is 11.6. The summed E-state index contributed by atoms with van der Waals surface area (Å²) in [7, 11) is 0. The Balaban J connectivity index is 4.35. The predicted molar refractivity (Wildman–Crippen MR) is 50.3 cm³/mol. The van der Waals surface area contributed by atoms with E-state index in [1.54, 1.807) is 34.6 Å². The summed E-state index contributed by atoms with van der Waals surface area (Å²) in [6, 6.07) is 0. The first-order chi connectivity index (χ1) is 5.80. The van der Waals surface area contributed by atoms with Crippen LogP contribution in [0.15, 0.2) is 0 Å². The Kier molecular flexibility index (Phi) is 4.11. The molecule has 1 atom stereocenters. The maximum Gasteiger partial charge on any atom is 0.316 e. The van der Waals surface area contributed by atoms with Gasteiger partial charge in [0.1, 0.15) is 5.92 Å². The molecule has 0 amide bonds. The van der Waals surface area contributed by atoms with Crippen molar-refractivity contribution in [1.82, 2.24) is 0 Å². The van der Waals surface area contributed by atoms with E-state index in [0.29, 0.717) is 6.61 Å². The van der Waals surface area contributed by atoms with Gasteiger partial charge in [0, 0.05) is 5.41 Å². The molecule has 76 valence electrons. The lowest BCUT2D eigenvalue weighted by Gasteiger charge is -2.20. The van der Waals surface area contributed by atoms with E-state index in [0.717, 1.165) is 0 Å². The van der Waals surface area contributed by atoms with Gasteiger partial charge in [0.2, 0.25) is 0 Å². The van der Waals surface area contributed by atoms with Crippen LogP contribution >= 0.6 is 0 Å². The summed E-state index contributed by atoms with van der Waals surface area (Å²) < 4.78 is 4.76. The summed E-state index contributed by atoms with van der Waals surface area (Å²) in [5.74, 6) is -1.16. The molecule has 0 rings (SSSR count). The van der Waals surface area contributed by atoms with Gasteiger partial charge < -0.3 is 4.74 Å². The maximum absolute atomic E-state index is 11.6. The zero-order chi connectivity index (χ0) is 10.6. The number of rotatable bonds is 3. The fourth-order valence-electron chi connectivity index (χ4n) is 1.02. The molecular formula is C10H18O3. The van der Waals surface area contributed by atoms with Crippen LogP contribution in [0.25, 0.3) is 0 Å². The highest BCUT2D eigenvalue weighted by atomic mass is 16.5. The molecule has 0 aliphatic heterocycles. The molecule has 0 fully saturated rings. The highest BCUT2D eigenvalue weighted by Crippen LogP contribution is 2.20. The lowest BCUT2D eigenvalue weighted by Crippen LogP contribution is -2.32. The minimum atomic E-state index is -0.653. The molecule has 0 aromatic carbocycles. The molecule has 0 bridgehead atoms. The van der Waals surface area contributed by atoms with Crippen LogP contribution in [-0.4, -0.2) is 18.4 Å². The van der Waals surface area contributed by atoms with Crippen LogP contribution < -0.4 is 0 Å². The van der Waals surface area contributed by atoms with Gasteiger partial charge in [-0.2, -0.15) is 0 Å².